The van der Waals surface area contributed by atoms with Gasteiger partial charge < -0.3 is 14.6 Å². The Balaban J connectivity index is 1.68. The first-order valence-corrected chi connectivity index (χ1v) is 12.7. The number of benzene rings is 2. The Kier molecular flexibility index (Phi) is 7.92. The average molecular weight is 475 g/mol. The second kappa shape index (κ2) is 10.6. The van der Waals surface area contributed by atoms with Gasteiger partial charge in [0.25, 0.3) is 0 Å². The number of sulfone groups is 1. The fraction of sp³-hybridized carbons (Fsp3) is 0.318. The minimum absolute atomic E-state index is 0.164. The summed E-state index contributed by atoms with van der Waals surface area (Å²) < 4.78 is 32.4. The predicted molar refractivity (Wildman–Crippen MR) is 125 cm³/mol. The van der Waals surface area contributed by atoms with Crippen LogP contribution in [-0.2, 0) is 27.4 Å². The van der Waals surface area contributed by atoms with Crippen molar-refractivity contribution in [2.45, 2.75) is 41.3 Å². The molecule has 1 atom stereocenters. The maximum Gasteiger partial charge on any atom is 0.237 e. The Labute approximate surface area is 192 Å². The summed E-state index contributed by atoms with van der Waals surface area (Å²) in [5.74, 6) is 0.626. The highest BCUT2D eigenvalue weighted by atomic mass is 32.2. The SMILES string of the molecule is CCOc1ccc(NC(=O)C(CC)Sc2nnc(CS(=O)(=O)c3ccccc3)n2C)cc1. The van der Waals surface area contributed by atoms with Gasteiger partial charge in [-0.2, -0.15) is 0 Å². The molecule has 0 aliphatic rings. The molecular formula is C22H26N4O4S2. The van der Waals surface area contributed by atoms with Gasteiger partial charge in [-0.1, -0.05) is 36.9 Å². The zero-order valence-electron chi connectivity index (χ0n) is 18.2. The zero-order valence-corrected chi connectivity index (χ0v) is 19.8. The molecule has 2 aromatic carbocycles. The third kappa shape index (κ3) is 5.89. The first-order valence-electron chi connectivity index (χ1n) is 10.2. The van der Waals surface area contributed by atoms with Crippen molar-refractivity contribution >= 4 is 33.2 Å². The Morgan fingerprint density at radius 2 is 1.78 bits per heavy atom. The molecule has 32 heavy (non-hydrogen) atoms. The quantitative estimate of drug-likeness (QED) is 0.447. The number of nitrogens with one attached hydrogen (secondary N) is 1. The summed E-state index contributed by atoms with van der Waals surface area (Å²) in [6.45, 7) is 4.40. The number of carbonyl (C=O) groups excluding carboxylic acids is 1. The van der Waals surface area contributed by atoms with Crippen molar-refractivity contribution in [2.75, 3.05) is 11.9 Å². The topological polar surface area (TPSA) is 103 Å². The van der Waals surface area contributed by atoms with Gasteiger partial charge in [-0.3, -0.25) is 4.79 Å². The molecule has 0 aliphatic carbocycles. The first kappa shape index (κ1) is 23.8. The van der Waals surface area contributed by atoms with E-state index in [1.54, 1.807) is 66.2 Å². The van der Waals surface area contributed by atoms with E-state index in [1.165, 1.54) is 11.8 Å². The van der Waals surface area contributed by atoms with Crippen LogP contribution in [0.5, 0.6) is 5.75 Å². The maximum absolute atomic E-state index is 12.8. The van der Waals surface area contributed by atoms with E-state index in [1.807, 2.05) is 13.8 Å². The molecule has 0 aliphatic heterocycles. The number of rotatable bonds is 10. The number of amides is 1. The Morgan fingerprint density at radius 1 is 1.09 bits per heavy atom. The lowest BCUT2D eigenvalue weighted by atomic mass is 10.2. The molecule has 3 rings (SSSR count). The predicted octanol–water partition coefficient (Wildman–Crippen LogP) is 3.70. The Bertz CT molecular complexity index is 1150. The number of anilines is 1. The summed E-state index contributed by atoms with van der Waals surface area (Å²) in [7, 11) is -1.84. The third-order valence-corrected chi connectivity index (χ3v) is 7.72. The minimum Gasteiger partial charge on any atom is -0.494 e. The van der Waals surface area contributed by atoms with Gasteiger partial charge in [0.2, 0.25) is 5.91 Å². The first-order chi connectivity index (χ1) is 15.3. The van der Waals surface area contributed by atoms with E-state index < -0.39 is 15.1 Å². The summed E-state index contributed by atoms with van der Waals surface area (Å²) in [6, 6.07) is 15.4. The van der Waals surface area contributed by atoms with E-state index in [4.69, 9.17) is 4.74 Å². The summed E-state index contributed by atoms with van der Waals surface area (Å²) in [5.41, 5.74) is 0.671. The number of hydrogen-bond acceptors (Lipinski definition) is 7. The fourth-order valence-electron chi connectivity index (χ4n) is 2.93. The van der Waals surface area contributed by atoms with Crippen LogP contribution in [0, 0.1) is 0 Å². The van der Waals surface area contributed by atoms with Gasteiger partial charge in [0, 0.05) is 12.7 Å². The zero-order chi connectivity index (χ0) is 23.1. The largest absolute Gasteiger partial charge is 0.494 e. The molecule has 0 saturated carbocycles. The van der Waals surface area contributed by atoms with E-state index in [0.717, 1.165) is 5.75 Å². The van der Waals surface area contributed by atoms with E-state index in [2.05, 4.69) is 15.5 Å². The molecule has 0 saturated heterocycles. The van der Waals surface area contributed by atoms with Crippen LogP contribution in [0.1, 0.15) is 26.1 Å². The molecule has 3 aromatic rings. The number of thioether (sulfide) groups is 1. The van der Waals surface area contributed by atoms with Crippen molar-refractivity contribution in [2.24, 2.45) is 7.05 Å². The number of ether oxygens (including phenoxy) is 1. The standard InChI is InChI=1S/C22H26N4O4S2/c1-4-19(21(27)23-16-11-13-17(14-12-16)30-5-2)31-22-25-24-20(26(22)3)15-32(28,29)18-9-7-6-8-10-18/h6-14,19H,4-5,15H2,1-3H3,(H,23,27). The average Bonchev–Trinajstić information content (AvgIpc) is 3.12. The number of hydrogen-bond donors (Lipinski definition) is 1. The number of aromatic nitrogens is 3. The van der Waals surface area contributed by atoms with Gasteiger partial charge in [0.1, 0.15) is 17.3 Å². The van der Waals surface area contributed by atoms with Crippen molar-refractivity contribution in [1.29, 1.82) is 0 Å². The molecule has 8 nitrogen and oxygen atoms in total. The maximum atomic E-state index is 12.8. The van der Waals surface area contributed by atoms with Gasteiger partial charge in [-0.25, -0.2) is 8.42 Å². The van der Waals surface area contributed by atoms with Crippen molar-refractivity contribution < 1.29 is 17.9 Å². The lowest BCUT2D eigenvalue weighted by Gasteiger charge is -2.14. The Morgan fingerprint density at radius 3 is 2.41 bits per heavy atom. The summed E-state index contributed by atoms with van der Waals surface area (Å²) in [5, 5.41) is 11.1. The molecule has 0 bridgehead atoms. The molecule has 1 N–H and O–H groups in total. The van der Waals surface area contributed by atoms with Crippen molar-refractivity contribution in [3.8, 4) is 5.75 Å². The summed E-state index contributed by atoms with van der Waals surface area (Å²) >= 11 is 1.25. The Hall–Kier alpha value is -2.85. The molecule has 10 heteroatoms. The number of carbonyl (C=O) groups is 1. The van der Waals surface area contributed by atoms with Crippen LogP contribution in [-0.4, -0.2) is 40.9 Å². The van der Waals surface area contributed by atoms with Crippen molar-refractivity contribution in [3.63, 3.8) is 0 Å². The highest BCUT2D eigenvalue weighted by Gasteiger charge is 2.24. The minimum atomic E-state index is -3.54. The van der Waals surface area contributed by atoms with E-state index in [0.29, 0.717) is 29.7 Å². The van der Waals surface area contributed by atoms with Gasteiger partial charge in [-0.15, -0.1) is 10.2 Å². The van der Waals surface area contributed by atoms with Crippen LogP contribution >= 0.6 is 11.8 Å². The number of nitrogens with zero attached hydrogens (tertiary/aromatic N) is 3. The van der Waals surface area contributed by atoms with Crippen LogP contribution in [0.2, 0.25) is 0 Å². The van der Waals surface area contributed by atoms with Gasteiger partial charge in [0.15, 0.2) is 15.0 Å². The van der Waals surface area contributed by atoms with Gasteiger partial charge >= 0.3 is 0 Å². The second-order valence-electron chi connectivity index (χ2n) is 6.99. The summed E-state index contributed by atoms with van der Waals surface area (Å²) in [6.07, 6.45) is 0.567. The molecule has 170 valence electrons. The molecule has 1 amide bonds. The van der Waals surface area contributed by atoms with E-state index in [9.17, 15) is 13.2 Å². The van der Waals surface area contributed by atoms with Crippen molar-refractivity contribution in [1.82, 2.24) is 14.8 Å². The monoisotopic (exact) mass is 474 g/mol. The van der Waals surface area contributed by atoms with Gasteiger partial charge in [0.05, 0.1) is 16.8 Å². The smallest absolute Gasteiger partial charge is 0.237 e. The van der Waals surface area contributed by atoms with Crippen LogP contribution in [0.15, 0.2) is 64.6 Å². The lowest BCUT2D eigenvalue weighted by molar-refractivity contribution is -0.115. The summed E-state index contributed by atoms with van der Waals surface area (Å²) in [4.78, 5) is 13.0. The van der Waals surface area contributed by atoms with Crippen LogP contribution in [0.25, 0.3) is 0 Å². The third-order valence-electron chi connectivity index (χ3n) is 4.69. The van der Waals surface area contributed by atoms with E-state index in [-0.39, 0.29) is 16.6 Å². The van der Waals surface area contributed by atoms with Crippen molar-refractivity contribution in [3.05, 3.63) is 60.4 Å². The second-order valence-corrected chi connectivity index (χ2v) is 10.2. The molecule has 0 radical (unpaired) electrons. The fourth-order valence-corrected chi connectivity index (χ4v) is 5.20. The molecule has 1 aromatic heterocycles. The molecule has 1 heterocycles. The molecular weight excluding hydrogens is 448 g/mol. The normalized spacial score (nSPS) is 12.3. The van der Waals surface area contributed by atoms with Gasteiger partial charge in [-0.05, 0) is 49.7 Å². The lowest BCUT2D eigenvalue weighted by Crippen LogP contribution is -2.25. The molecule has 1 unspecified atom stereocenters. The molecule has 0 spiro atoms. The highest BCUT2D eigenvalue weighted by Crippen LogP contribution is 2.26. The van der Waals surface area contributed by atoms with Crippen LogP contribution < -0.4 is 10.1 Å². The van der Waals surface area contributed by atoms with Crippen LogP contribution in [0.3, 0.4) is 0 Å². The highest BCUT2D eigenvalue weighted by molar-refractivity contribution is 8.00. The van der Waals surface area contributed by atoms with Crippen LogP contribution in [0.4, 0.5) is 5.69 Å². The van der Waals surface area contributed by atoms with E-state index >= 15 is 0 Å². The molecule has 0 fully saturated rings.